The Morgan fingerprint density at radius 3 is 3.13 bits per heavy atom. The van der Waals surface area contributed by atoms with Crippen LogP contribution in [0, 0.1) is 5.92 Å². The van der Waals surface area contributed by atoms with Crippen LogP contribution in [-0.2, 0) is 9.47 Å². The molecule has 15 heavy (non-hydrogen) atoms. The van der Waals surface area contributed by atoms with Gasteiger partial charge in [-0.2, -0.15) is 0 Å². The van der Waals surface area contributed by atoms with Crippen molar-refractivity contribution in [2.75, 3.05) is 13.2 Å². The highest BCUT2D eigenvalue weighted by Crippen LogP contribution is 2.24. The molecule has 1 aliphatic heterocycles. The fourth-order valence-electron chi connectivity index (χ4n) is 1.49. The molecule has 0 aromatic carbocycles. The van der Waals surface area contributed by atoms with E-state index in [0.29, 0.717) is 6.61 Å². The molecule has 1 rings (SSSR count). The molecule has 0 spiro atoms. The van der Waals surface area contributed by atoms with Crippen molar-refractivity contribution in [2.45, 2.75) is 25.4 Å². The molecule has 1 fully saturated rings. The minimum absolute atomic E-state index is 0.178. The van der Waals surface area contributed by atoms with E-state index in [0.717, 1.165) is 0 Å². The predicted molar refractivity (Wildman–Crippen MR) is 54.0 cm³/mol. The lowest BCUT2D eigenvalue weighted by molar-refractivity contribution is -0.216. The molecule has 84 valence electrons. The average molecular weight is 213 g/mol. The maximum atomic E-state index is 9.79. The lowest BCUT2D eigenvalue weighted by atomic mass is 9.95. The molecule has 0 bridgehead atoms. The van der Waals surface area contributed by atoms with Gasteiger partial charge >= 0.3 is 0 Å². The zero-order chi connectivity index (χ0) is 11.3. The van der Waals surface area contributed by atoms with Crippen LogP contribution in [-0.4, -0.2) is 36.8 Å². The molecule has 0 radical (unpaired) electrons. The smallest absolute Gasteiger partial charge is 0.163 e. The molecule has 6 heteroatoms. The first kappa shape index (κ1) is 12.0. The number of ether oxygens (including phenoxy) is 2. The van der Waals surface area contributed by atoms with E-state index >= 15 is 0 Å². The van der Waals surface area contributed by atoms with Crippen molar-refractivity contribution in [2.24, 2.45) is 11.0 Å². The van der Waals surface area contributed by atoms with E-state index in [1.807, 2.05) is 0 Å². The monoisotopic (exact) mass is 213 g/mol. The van der Waals surface area contributed by atoms with Gasteiger partial charge in [0.1, 0.15) is 0 Å². The third kappa shape index (κ3) is 2.94. The molecular formula is C9H15N3O3. The quantitative estimate of drug-likeness (QED) is 0.329. The van der Waals surface area contributed by atoms with Crippen molar-refractivity contribution in [1.82, 2.24) is 0 Å². The second-order valence-corrected chi connectivity index (χ2v) is 3.45. The largest absolute Gasteiger partial charge is 0.392 e. The summed E-state index contributed by atoms with van der Waals surface area (Å²) in [7, 11) is 0. The number of hydrogen-bond acceptors (Lipinski definition) is 4. The molecule has 1 aliphatic rings. The maximum Gasteiger partial charge on any atom is 0.163 e. The fraction of sp³-hybridized carbons (Fsp3) is 0.778. The van der Waals surface area contributed by atoms with Crippen molar-refractivity contribution in [3.8, 4) is 0 Å². The molecule has 0 aromatic heterocycles. The van der Waals surface area contributed by atoms with Gasteiger partial charge in [0.05, 0.1) is 25.4 Å². The Kier molecular flexibility index (Phi) is 4.58. The van der Waals surface area contributed by atoms with Crippen LogP contribution in [0.25, 0.3) is 10.4 Å². The van der Waals surface area contributed by atoms with Gasteiger partial charge < -0.3 is 14.6 Å². The van der Waals surface area contributed by atoms with Crippen molar-refractivity contribution < 1.29 is 14.6 Å². The van der Waals surface area contributed by atoms with Gasteiger partial charge in [-0.25, -0.2) is 0 Å². The highest BCUT2D eigenvalue weighted by Gasteiger charge is 2.36. The molecule has 4 atom stereocenters. The van der Waals surface area contributed by atoms with E-state index in [1.54, 1.807) is 13.0 Å². The van der Waals surface area contributed by atoms with Crippen molar-refractivity contribution >= 4 is 0 Å². The summed E-state index contributed by atoms with van der Waals surface area (Å²) in [6, 6.07) is -0.534. The zero-order valence-corrected chi connectivity index (χ0v) is 8.61. The molecule has 1 saturated heterocycles. The van der Waals surface area contributed by atoms with Gasteiger partial charge in [-0.3, -0.25) is 0 Å². The summed E-state index contributed by atoms with van der Waals surface area (Å²) in [5.41, 5.74) is 8.28. The number of nitrogens with zero attached hydrogens (tertiary/aromatic N) is 3. The Bertz CT molecular complexity index is 265. The Labute approximate surface area is 88.1 Å². The highest BCUT2D eigenvalue weighted by molar-refractivity contribution is 4.86. The highest BCUT2D eigenvalue weighted by atomic mass is 16.7. The van der Waals surface area contributed by atoms with E-state index < -0.39 is 18.4 Å². The van der Waals surface area contributed by atoms with Crippen molar-refractivity contribution in [3.05, 3.63) is 23.1 Å². The topological polar surface area (TPSA) is 87.5 Å². The molecule has 0 aliphatic carbocycles. The molecule has 0 amide bonds. The van der Waals surface area contributed by atoms with E-state index in [9.17, 15) is 5.11 Å². The van der Waals surface area contributed by atoms with Gasteiger partial charge in [-0.15, -0.1) is 6.58 Å². The zero-order valence-electron chi connectivity index (χ0n) is 8.61. The molecule has 1 N–H and O–H groups in total. The van der Waals surface area contributed by atoms with Crippen LogP contribution in [0.5, 0.6) is 0 Å². The fourth-order valence-corrected chi connectivity index (χ4v) is 1.49. The minimum Gasteiger partial charge on any atom is -0.392 e. The second kappa shape index (κ2) is 5.72. The molecule has 0 saturated carbocycles. The molecule has 6 nitrogen and oxygen atoms in total. The van der Waals surface area contributed by atoms with Crippen molar-refractivity contribution in [1.29, 1.82) is 0 Å². The first-order valence-electron chi connectivity index (χ1n) is 4.77. The van der Waals surface area contributed by atoms with Crippen LogP contribution in [0.15, 0.2) is 17.8 Å². The summed E-state index contributed by atoms with van der Waals surface area (Å²) in [5, 5.41) is 13.2. The van der Waals surface area contributed by atoms with E-state index in [-0.39, 0.29) is 12.5 Å². The standard InChI is InChI=1S/C9H15N3O3/c1-3-4-14-9-6(2)8(13)7(5-15-9)11-12-10/h3,6-9,13H,1,4-5H2,2H3/t6-,7-,8+,9-/m0/s1. The SMILES string of the molecule is C=CCO[C@H]1OC[C@H](N=[N+]=[N-])[C@H](O)[C@@H]1C. The van der Waals surface area contributed by atoms with E-state index in [4.69, 9.17) is 15.0 Å². The molecule has 0 aromatic rings. The van der Waals surface area contributed by atoms with Crippen LogP contribution in [0.3, 0.4) is 0 Å². The number of aliphatic hydroxyl groups excluding tert-OH is 1. The minimum atomic E-state index is -0.732. The summed E-state index contributed by atoms with van der Waals surface area (Å²) in [6.45, 7) is 5.86. The number of hydrogen-bond donors (Lipinski definition) is 1. The first-order chi connectivity index (χ1) is 7.20. The van der Waals surface area contributed by atoms with Crippen molar-refractivity contribution in [3.63, 3.8) is 0 Å². The van der Waals surface area contributed by atoms with Gasteiger partial charge in [0.15, 0.2) is 6.29 Å². The van der Waals surface area contributed by atoms with Crippen LogP contribution in [0.2, 0.25) is 0 Å². The summed E-state index contributed by atoms with van der Waals surface area (Å²) < 4.78 is 10.6. The van der Waals surface area contributed by atoms with Crippen LogP contribution < -0.4 is 0 Å². The summed E-state index contributed by atoms with van der Waals surface area (Å²) in [4.78, 5) is 2.66. The Balaban J connectivity index is 2.55. The van der Waals surface area contributed by atoms with Gasteiger partial charge in [-0.1, -0.05) is 18.1 Å². The van der Waals surface area contributed by atoms with Crippen LogP contribution >= 0.6 is 0 Å². The van der Waals surface area contributed by atoms with E-state index in [1.165, 1.54) is 0 Å². The van der Waals surface area contributed by atoms with E-state index in [2.05, 4.69) is 16.6 Å². The van der Waals surface area contributed by atoms with Crippen LogP contribution in [0.4, 0.5) is 0 Å². The van der Waals surface area contributed by atoms with Gasteiger partial charge in [0, 0.05) is 10.8 Å². The number of azide groups is 1. The number of rotatable bonds is 4. The lowest BCUT2D eigenvalue weighted by Gasteiger charge is -2.36. The Morgan fingerprint density at radius 2 is 2.53 bits per heavy atom. The van der Waals surface area contributed by atoms with Gasteiger partial charge in [0.25, 0.3) is 0 Å². The average Bonchev–Trinajstić information content (AvgIpc) is 2.24. The molecular weight excluding hydrogens is 198 g/mol. The summed E-state index contributed by atoms with van der Waals surface area (Å²) in [6.07, 6.45) is 0.412. The maximum absolute atomic E-state index is 9.79. The lowest BCUT2D eigenvalue weighted by Crippen LogP contribution is -2.48. The third-order valence-electron chi connectivity index (χ3n) is 2.37. The third-order valence-corrected chi connectivity index (χ3v) is 2.37. The number of aliphatic hydroxyl groups is 1. The summed E-state index contributed by atoms with van der Waals surface area (Å²) in [5.74, 6) is -0.228. The Hall–Kier alpha value is -1.07. The summed E-state index contributed by atoms with van der Waals surface area (Å²) >= 11 is 0. The van der Waals surface area contributed by atoms with Crippen LogP contribution in [0.1, 0.15) is 6.92 Å². The predicted octanol–water partition coefficient (Wildman–Crippen LogP) is 1.22. The molecule has 1 heterocycles. The molecule has 0 unspecified atom stereocenters. The van der Waals surface area contributed by atoms with Gasteiger partial charge in [-0.05, 0) is 5.53 Å². The second-order valence-electron chi connectivity index (χ2n) is 3.45. The normalized spacial score (nSPS) is 35.6. The first-order valence-corrected chi connectivity index (χ1v) is 4.77. The Morgan fingerprint density at radius 1 is 1.80 bits per heavy atom. The van der Waals surface area contributed by atoms with Gasteiger partial charge in [0.2, 0.25) is 0 Å².